The topological polar surface area (TPSA) is 43.1 Å². The van der Waals surface area contributed by atoms with Gasteiger partial charge in [0.2, 0.25) is 0 Å². The van der Waals surface area contributed by atoms with Crippen molar-refractivity contribution < 1.29 is 4.92 Å². The van der Waals surface area contributed by atoms with Gasteiger partial charge in [0.15, 0.2) is 0 Å². The molecule has 1 aromatic heterocycles. The van der Waals surface area contributed by atoms with E-state index in [0.717, 1.165) is 4.44 Å². The van der Waals surface area contributed by atoms with Gasteiger partial charge in [0, 0.05) is 0 Å². The summed E-state index contributed by atoms with van der Waals surface area (Å²) in [6.45, 7) is 3.56. The Hall–Kier alpha value is -0.861. The second-order valence-corrected chi connectivity index (χ2v) is 5.26. The van der Waals surface area contributed by atoms with Crippen LogP contribution in [-0.2, 0) is 0 Å². The predicted octanol–water partition coefficient (Wildman–Crippen LogP) is 1.69. The molecule has 0 fully saturated rings. The summed E-state index contributed by atoms with van der Waals surface area (Å²) < 4.78 is 2.39. The first-order chi connectivity index (χ1) is 5.59. The van der Waals surface area contributed by atoms with Crippen LogP contribution in [0.1, 0.15) is 15.8 Å². The maximum absolute atomic E-state index is 10.3. The van der Waals surface area contributed by atoms with Gasteiger partial charge in [0.05, 0.1) is 0 Å². The van der Waals surface area contributed by atoms with Gasteiger partial charge in [0.1, 0.15) is 0 Å². The van der Waals surface area contributed by atoms with E-state index in [4.69, 9.17) is 0 Å². The van der Waals surface area contributed by atoms with Gasteiger partial charge >= 0.3 is 76.2 Å². The van der Waals surface area contributed by atoms with E-state index in [2.05, 4.69) is 0 Å². The zero-order chi connectivity index (χ0) is 9.14. The van der Waals surface area contributed by atoms with E-state index >= 15 is 0 Å². The first-order valence-electron chi connectivity index (χ1n) is 3.49. The van der Waals surface area contributed by atoms with Gasteiger partial charge in [-0.05, 0) is 0 Å². The Labute approximate surface area is 76.6 Å². The predicted molar refractivity (Wildman–Crippen MR) is 48.8 cm³/mol. The van der Waals surface area contributed by atoms with Crippen molar-refractivity contribution in [2.45, 2.75) is 13.8 Å². The fraction of sp³-hybridized carbons (Fsp3) is 0.250. The first kappa shape index (κ1) is 9.23. The molecule has 0 amide bonds. The second kappa shape index (κ2) is 3.70. The molecule has 64 valence electrons. The quantitative estimate of drug-likeness (QED) is 0.440. The molecule has 0 bridgehead atoms. The Kier molecular flexibility index (Phi) is 2.84. The van der Waals surface area contributed by atoms with Crippen molar-refractivity contribution in [1.29, 1.82) is 0 Å². The molecule has 0 aromatic carbocycles. The van der Waals surface area contributed by atoms with Crippen molar-refractivity contribution in [3.8, 4) is 0 Å². The third-order valence-corrected chi connectivity index (χ3v) is 3.39. The number of nitrogens with zero attached hydrogens (tertiary/aromatic N) is 1. The van der Waals surface area contributed by atoms with Crippen LogP contribution in [0.3, 0.4) is 0 Å². The van der Waals surface area contributed by atoms with Gasteiger partial charge in [-0.2, -0.15) is 0 Å². The number of hydrogen-bond acceptors (Lipinski definition) is 2. The molecular weight excluding hydrogens is 221 g/mol. The van der Waals surface area contributed by atoms with Crippen LogP contribution >= 0.6 is 0 Å². The van der Waals surface area contributed by atoms with Crippen molar-refractivity contribution in [2.24, 2.45) is 0 Å². The zero-order valence-electron chi connectivity index (χ0n) is 6.90. The summed E-state index contributed by atoms with van der Waals surface area (Å²) in [5, 5.41) is 10.3. The van der Waals surface area contributed by atoms with E-state index < -0.39 is 0 Å². The van der Waals surface area contributed by atoms with Gasteiger partial charge in [-0.3, -0.25) is 0 Å². The third-order valence-electron chi connectivity index (χ3n) is 1.40. The van der Waals surface area contributed by atoms with E-state index in [1.54, 1.807) is 6.08 Å². The van der Waals surface area contributed by atoms with Crippen molar-refractivity contribution in [1.82, 2.24) is 0 Å². The van der Waals surface area contributed by atoms with Crippen LogP contribution < -0.4 is 0 Å². The summed E-state index contributed by atoms with van der Waals surface area (Å²) in [4.78, 5) is 9.91. The van der Waals surface area contributed by atoms with Crippen LogP contribution in [0, 0.1) is 17.0 Å². The van der Waals surface area contributed by atoms with Gasteiger partial charge in [-0.15, -0.1) is 0 Å². The van der Waals surface area contributed by atoms with Gasteiger partial charge in [-0.1, -0.05) is 0 Å². The molecule has 0 aliphatic heterocycles. The van der Waals surface area contributed by atoms with Crippen molar-refractivity contribution in [3.63, 3.8) is 0 Å². The summed E-state index contributed by atoms with van der Waals surface area (Å²) >= 11 is 0.303. The molecule has 0 atom stereocenters. The molecule has 4 heteroatoms. The van der Waals surface area contributed by atoms with Gasteiger partial charge in [-0.25, -0.2) is 0 Å². The third kappa shape index (κ3) is 2.32. The maximum atomic E-state index is 10.3. The van der Waals surface area contributed by atoms with Crippen LogP contribution in [0.4, 0.5) is 0 Å². The number of hydrogen-bond donors (Lipinski definition) is 0. The van der Waals surface area contributed by atoms with Crippen LogP contribution in [0.25, 0.3) is 6.08 Å². The van der Waals surface area contributed by atoms with Crippen molar-refractivity contribution in [3.05, 3.63) is 36.8 Å². The Bertz CT molecular complexity index is 328. The fourth-order valence-electron chi connectivity index (χ4n) is 0.790. The standard InChI is InChI=1S/C8H9NO2Se/c1-6(9(10)11)5-8-4-3-7(2)12-8/h3-5H,1-2H3. The normalized spacial score (nSPS) is 11.7. The molecule has 1 heterocycles. The minimum atomic E-state index is -0.357. The van der Waals surface area contributed by atoms with E-state index in [1.165, 1.54) is 11.4 Å². The first-order valence-corrected chi connectivity index (χ1v) is 5.20. The molecule has 0 saturated carbocycles. The molecule has 1 rings (SSSR count). The molecule has 0 N–H and O–H groups in total. The summed E-state index contributed by atoms with van der Waals surface area (Å²) in [5.41, 5.74) is 0.214. The Morgan fingerprint density at radius 2 is 2.33 bits per heavy atom. The van der Waals surface area contributed by atoms with E-state index in [0.29, 0.717) is 14.5 Å². The number of rotatable bonds is 2. The Morgan fingerprint density at radius 1 is 1.67 bits per heavy atom. The van der Waals surface area contributed by atoms with Crippen LogP contribution in [0.2, 0.25) is 0 Å². The van der Waals surface area contributed by atoms with Gasteiger partial charge < -0.3 is 0 Å². The molecular formula is C8H9NO2Se. The molecule has 0 spiro atoms. The van der Waals surface area contributed by atoms with Crippen molar-refractivity contribution >= 4 is 20.6 Å². The Morgan fingerprint density at radius 3 is 2.75 bits per heavy atom. The molecule has 0 aliphatic carbocycles. The Balaban J connectivity index is 2.87. The van der Waals surface area contributed by atoms with E-state index in [9.17, 15) is 10.1 Å². The summed E-state index contributed by atoms with van der Waals surface area (Å²) in [6, 6.07) is 3.96. The number of aryl methyl sites for hydroxylation is 1. The monoisotopic (exact) mass is 231 g/mol. The SMILES string of the molecule is CC(=Cc1ccc(C)[se]1)[N+](=O)[O-]. The molecule has 0 unspecified atom stereocenters. The van der Waals surface area contributed by atoms with E-state index in [1.807, 2.05) is 19.1 Å². The number of allylic oxidation sites excluding steroid dienone is 1. The molecule has 12 heavy (non-hydrogen) atoms. The molecule has 3 nitrogen and oxygen atoms in total. The van der Waals surface area contributed by atoms with E-state index in [-0.39, 0.29) is 10.6 Å². The molecule has 0 radical (unpaired) electrons. The van der Waals surface area contributed by atoms with Crippen LogP contribution in [0.15, 0.2) is 17.8 Å². The molecule has 0 aliphatic rings. The summed E-state index contributed by atoms with van der Waals surface area (Å²) in [5.74, 6) is 0. The average molecular weight is 230 g/mol. The zero-order valence-corrected chi connectivity index (χ0v) is 8.62. The fourth-order valence-corrected chi connectivity index (χ4v) is 2.62. The van der Waals surface area contributed by atoms with Crippen LogP contribution in [0.5, 0.6) is 0 Å². The second-order valence-electron chi connectivity index (χ2n) is 2.49. The van der Waals surface area contributed by atoms with Crippen LogP contribution in [-0.4, -0.2) is 19.4 Å². The molecule has 0 saturated heterocycles. The van der Waals surface area contributed by atoms with Gasteiger partial charge in [0.25, 0.3) is 0 Å². The average Bonchev–Trinajstić information content (AvgIpc) is 2.35. The molecule has 1 aromatic rings. The minimum absolute atomic E-state index is 0.214. The van der Waals surface area contributed by atoms with Crippen molar-refractivity contribution in [2.75, 3.05) is 0 Å². The number of nitro groups is 1. The summed E-state index contributed by atoms with van der Waals surface area (Å²) in [7, 11) is 0. The summed E-state index contributed by atoms with van der Waals surface area (Å²) in [6.07, 6.45) is 1.65.